The van der Waals surface area contributed by atoms with Gasteiger partial charge in [-0.1, -0.05) is 11.6 Å². The molecule has 0 aliphatic carbocycles. The number of carbonyl (C=O) groups excluding carboxylic acids is 2. The minimum absolute atomic E-state index is 0.0998. The van der Waals surface area contributed by atoms with Crippen LogP contribution in [-0.4, -0.2) is 54.3 Å². The van der Waals surface area contributed by atoms with Crippen LogP contribution in [0.5, 0.6) is 5.75 Å². The number of β-amino-alcohol motifs (C(OH)–C–C–N with tert-alkyl or cyclic N) is 1. The minimum atomic E-state index is -0.758. The van der Waals surface area contributed by atoms with Crippen molar-refractivity contribution in [1.82, 2.24) is 4.90 Å². The lowest BCUT2D eigenvalue weighted by Crippen LogP contribution is -2.43. The molecule has 2 rings (SSSR count). The van der Waals surface area contributed by atoms with Gasteiger partial charge in [0.15, 0.2) is 6.61 Å². The van der Waals surface area contributed by atoms with Crippen molar-refractivity contribution in [1.29, 1.82) is 0 Å². The smallest absolute Gasteiger partial charge is 0.328 e. The highest BCUT2D eigenvalue weighted by molar-refractivity contribution is 6.30. The van der Waals surface area contributed by atoms with Crippen LogP contribution < -0.4 is 4.74 Å². The van der Waals surface area contributed by atoms with E-state index in [1.807, 2.05) is 0 Å². The number of hydrogen-bond donors (Lipinski definition) is 1. The van der Waals surface area contributed by atoms with Crippen molar-refractivity contribution in [3.8, 4) is 5.75 Å². The van der Waals surface area contributed by atoms with Crippen molar-refractivity contribution in [3.05, 3.63) is 29.3 Å². The van der Waals surface area contributed by atoms with Gasteiger partial charge in [-0.2, -0.15) is 0 Å². The summed E-state index contributed by atoms with van der Waals surface area (Å²) in [5.74, 6) is -0.412. The van der Waals surface area contributed by atoms with E-state index in [1.165, 1.54) is 12.0 Å². The maximum Gasteiger partial charge on any atom is 0.328 e. The number of ether oxygens (including phenoxy) is 2. The lowest BCUT2D eigenvalue weighted by atomic mass is 10.2. The second-order valence-corrected chi connectivity index (χ2v) is 5.15. The molecule has 2 unspecified atom stereocenters. The van der Waals surface area contributed by atoms with Crippen LogP contribution in [0.4, 0.5) is 0 Å². The third kappa shape index (κ3) is 3.86. The Balaban J connectivity index is 1.95. The molecule has 1 heterocycles. The lowest BCUT2D eigenvalue weighted by molar-refractivity contribution is -0.151. The molecule has 1 aliphatic rings. The number of carbonyl (C=O) groups is 2. The summed E-state index contributed by atoms with van der Waals surface area (Å²) in [4.78, 5) is 25.0. The summed E-state index contributed by atoms with van der Waals surface area (Å²) in [6, 6.07) is 5.83. The maximum atomic E-state index is 12.1. The van der Waals surface area contributed by atoms with Crippen LogP contribution in [0.1, 0.15) is 6.42 Å². The van der Waals surface area contributed by atoms with Crippen molar-refractivity contribution in [2.24, 2.45) is 0 Å². The van der Waals surface area contributed by atoms with Gasteiger partial charge in [0, 0.05) is 18.0 Å². The molecule has 21 heavy (non-hydrogen) atoms. The zero-order chi connectivity index (χ0) is 15.4. The number of methoxy groups -OCH3 is 1. The molecule has 1 amide bonds. The minimum Gasteiger partial charge on any atom is -0.484 e. The Bertz CT molecular complexity index is 519. The fourth-order valence-electron chi connectivity index (χ4n) is 2.21. The number of halogens is 1. The topological polar surface area (TPSA) is 76.1 Å². The molecule has 1 saturated heterocycles. The first kappa shape index (κ1) is 15.6. The molecule has 2 atom stereocenters. The summed E-state index contributed by atoms with van der Waals surface area (Å²) in [5.41, 5.74) is 0. The van der Waals surface area contributed by atoms with Crippen LogP contribution in [0.25, 0.3) is 0 Å². The fraction of sp³-hybridized carbons (Fsp3) is 0.429. The molecule has 1 fully saturated rings. The Labute approximate surface area is 127 Å². The molecule has 1 aliphatic heterocycles. The van der Waals surface area contributed by atoms with E-state index in [-0.39, 0.29) is 25.5 Å². The lowest BCUT2D eigenvalue weighted by Gasteiger charge is -2.22. The Morgan fingerprint density at radius 1 is 1.38 bits per heavy atom. The van der Waals surface area contributed by atoms with Crippen LogP contribution in [0.15, 0.2) is 24.3 Å². The van der Waals surface area contributed by atoms with Crippen LogP contribution >= 0.6 is 11.6 Å². The van der Waals surface area contributed by atoms with Crippen molar-refractivity contribution < 1.29 is 24.2 Å². The van der Waals surface area contributed by atoms with E-state index in [0.717, 1.165) is 0 Å². The molecular weight excluding hydrogens is 298 g/mol. The number of esters is 1. The summed E-state index contributed by atoms with van der Waals surface area (Å²) in [5, 5.41) is 10.2. The zero-order valence-electron chi connectivity index (χ0n) is 11.5. The summed E-state index contributed by atoms with van der Waals surface area (Å²) in [7, 11) is 1.25. The van der Waals surface area contributed by atoms with Crippen molar-refractivity contribution in [2.75, 3.05) is 20.3 Å². The van der Waals surface area contributed by atoms with E-state index in [9.17, 15) is 14.7 Å². The highest BCUT2D eigenvalue weighted by Crippen LogP contribution is 2.20. The van der Waals surface area contributed by atoms with Gasteiger partial charge in [0.2, 0.25) is 0 Å². The fourth-order valence-corrected chi connectivity index (χ4v) is 2.33. The van der Waals surface area contributed by atoms with Gasteiger partial charge in [-0.15, -0.1) is 0 Å². The number of likely N-dealkylation sites (tertiary alicyclic amines) is 1. The Hall–Kier alpha value is -1.79. The van der Waals surface area contributed by atoms with E-state index in [0.29, 0.717) is 10.8 Å². The summed E-state index contributed by atoms with van der Waals surface area (Å²) < 4.78 is 9.99. The molecule has 6 nitrogen and oxygen atoms in total. The summed E-state index contributed by atoms with van der Waals surface area (Å²) in [6.07, 6.45) is -0.548. The number of hydrogen-bond acceptors (Lipinski definition) is 5. The van der Waals surface area contributed by atoms with Crippen LogP contribution in [0.2, 0.25) is 5.02 Å². The highest BCUT2D eigenvalue weighted by atomic mass is 35.5. The standard InChI is InChI=1S/C14H16ClNO5/c1-20-14(19)12-6-10(17)7-16(12)13(18)8-21-11-4-2-9(15)3-5-11/h2-5,10,12,17H,6-8H2,1H3. The number of amides is 1. The normalized spacial score (nSPS) is 21.2. The monoisotopic (exact) mass is 313 g/mol. The van der Waals surface area contributed by atoms with Gasteiger partial charge >= 0.3 is 5.97 Å². The largest absolute Gasteiger partial charge is 0.484 e. The van der Waals surface area contributed by atoms with Crippen molar-refractivity contribution >= 4 is 23.5 Å². The molecule has 1 aromatic carbocycles. The maximum absolute atomic E-state index is 12.1. The quantitative estimate of drug-likeness (QED) is 0.834. The Morgan fingerprint density at radius 2 is 2.05 bits per heavy atom. The van der Waals surface area contributed by atoms with Gasteiger partial charge in [0.25, 0.3) is 5.91 Å². The third-order valence-corrected chi connectivity index (χ3v) is 3.50. The van der Waals surface area contributed by atoms with E-state index >= 15 is 0 Å². The van der Waals surface area contributed by atoms with Crippen LogP contribution in [0, 0.1) is 0 Å². The van der Waals surface area contributed by atoms with E-state index in [1.54, 1.807) is 24.3 Å². The average Bonchev–Trinajstić information content (AvgIpc) is 2.87. The molecule has 0 saturated carbocycles. The molecule has 0 bridgehead atoms. The first-order chi connectivity index (χ1) is 10.0. The predicted octanol–water partition coefficient (Wildman–Crippen LogP) is 0.854. The number of benzene rings is 1. The first-order valence-corrected chi connectivity index (χ1v) is 6.82. The number of nitrogens with zero attached hydrogens (tertiary/aromatic N) is 1. The van der Waals surface area contributed by atoms with Gasteiger partial charge < -0.3 is 19.5 Å². The molecular formula is C14H16ClNO5. The Morgan fingerprint density at radius 3 is 2.67 bits per heavy atom. The van der Waals surface area contributed by atoms with E-state index < -0.39 is 18.1 Å². The second-order valence-electron chi connectivity index (χ2n) is 4.72. The highest BCUT2D eigenvalue weighted by Gasteiger charge is 2.39. The molecule has 1 N–H and O–H groups in total. The second kappa shape index (κ2) is 6.78. The molecule has 0 spiro atoms. The zero-order valence-corrected chi connectivity index (χ0v) is 12.2. The SMILES string of the molecule is COC(=O)C1CC(O)CN1C(=O)COc1ccc(Cl)cc1. The van der Waals surface area contributed by atoms with Crippen LogP contribution in [0.3, 0.4) is 0 Å². The molecule has 0 aromatic heterocycles. The van der Waals surface area contributed by atoms with Crippen LogP contribution in [-0.2, 0) is 14.3 Å². The number of aliphatic hydroxyl groups is 1. The first-order valence-electron chi connectivity index (χ1n) is 6.45. The summed E-state index contributed by atoms with van der Waals surface area (Å²) in [6.45, 7) is -0.121. The van der Waals surface area contributed by atoms with Gasteiger partial charge in [0.05, 0.1) is 13.2 Å². The van der Waals surface area contributed by atoms with E-state index in [2.05, 4.69) is 4.74 Å². The predicted molar refractivity (Wildman–Crippen MR) is 75.1 cm³/mol. The van der Waals surface area contributed by atoms with Gasteiger partial charge in [-0.3, -0.25) is 4.79 Å². The number of aliphatic hydroxyl groups excluding tert-OH is 1. The average molecular weight is 314 g/mol. The summed E-state index contributed by atoms with van der Waals surface area (Å²) >= 11 is 5.75. The van der Waals surface area contributed by atoms with Gasteiger partial charge in [0.1, 0.15) is 11.8 Å². The van der Waals surface area contributed by atoms with Crippen molar-refractivity contribution in [2.45, 2.75) is 18.6 Å². The molecule has 114 valence electrons. The molecule has 0 radical (unpaired) electrons. The van der Waals surface area contributed by atoms with Gasteiger partial charge in [-0.05, 0) is 24.3 Å². The third-order valence-electron chi connectivity index (χ3n) is 3.25. The van der Waals surface area contributed by atoms with E-state index in [4.69, 9.17) is 16.3 Å². The molecule has 1 aromatic rings. The number of rotatable bonds is 4. The molecule has 7 heteroatoms. The van der Waals surface area contributed by atoms with Crippen molar-refractivity contribution in [3.63, 3.8) is 0 Å². The Kier molecular flexibility index (Phi) is 5.03. The van der Waals surface area contributed by atoms with Gasteiger partial charge in [-0.25, -0.2) is 4.79 Å².